The predicted molar refractivity (Wildman–Crippen MR) is 50.9 cm³/mol. The zero-order chi connectivity index (χ0) is 9.35. The first-order valence-electron chi connectivity index (χ1n) is 4.62. The molecular formula is C11H18O. The van der Waals surface area contributed by atoms with E-state index < -0.39 is 0 Å². The molecule has 0 aromatic heterocycles. The van der Waals surface area contributed by atoms with Crippen molar-refractivity contribution in [3.63, 3.8) is 0 Å². The van der Waals surface area contributed by atoms with E-state index >= 15 is 0 Å². The Morgan fingerprint density at radius 2 is 2.08 bits per heavy atom. The van der Waals surface area contributed by atoms with Gasteiger partial charge in [-0.1, -0.05) is 32.9 Å². The van der Waals surface area contributed by atoms with Crippen LogP contribution in [0.2, 0.25) is 0 Å². The van der Waals surface area contributed by atoms with Gasteiger partial charge in [0, 0.05) is 5.92 Å². The fourth-order valence-electron chi connectivity index (χ4n) is 2.46. The van der Waals surface area contributed by atoms with E-state index in [1.165, 1.54) is 0 Å². The van der Waals surface area contributed by atoms with Crippen molar-refractivity contribution in [1.82, 2.24) is 0 Å². The van der Waals surface area contributed by atoms with Crippen molar-refractivity contribution >= 4 is 5.78 Å². The lowest BCUT2D eigenvalue weighted by molar-refractivity contribution is -0.125. The monoisotopic (exact) mass is 166 g/mol. The number of ketones is 1. The van der Waals surface area contributed by atoms with Crippen molar-refractivity contribution in [1.29, 1.82) is 0 Å². The minimum atomic E-state index is 0.153. The highest BCUT2D eigenvalue weighted by Crippen LogP contribution is 2.40. The van der Waals surface area contributed by atoms with E-state index in [-0.39, 0.29) is 11.3 Å². The molecular weight excluding hydrogens is 148 g/mol. The van der Waals surface area contributed by atoms with Gasteiger partial charge < -0.3 is 0 Å². The molecule has 0 heterocycles. The van der Waals surface area contributed by atoms with Gasteiger partial charge >= 0.3 is 0 Å². The summed E-state index contributed by atoms with van der Waals surface area (Å²) in [6.45, 7) is 8.20. The normalized spacial score (nSPS) is 33.3. The van der Waals surface area contributed by atoms with E-state index in [9.17, 15) is 4.79 Å². The molecule has 0 bridgehead atoms. The maximum atomic E-state index is 11.4. The highest BCUT2D eigenvalue weighted by Gasteiger charge is 2.37. The van der Waals surface area contributed by atoms with Gasteiger partial charge in [0.05, 0.1) is 0 Å². The first-order valence-corrected chi connectivity index (χ1v) is 4.62. The quantitative estimate of drug-likeness (QED) is 0.547. The molecule has 0 aromatic carbocycles. The van der Waals surface area contributed by atoms with Crippen LogP contribution in [0.3, 0.4) is 0 Å². The molecule has 68 valence electrons. The maximum Gasteiger partial charge on any atom is 0.134 e. The molecule has 1 heteroatoms. The first-order chi connectivity index (χ1) is 5.45. The standard InChI is InChI=1S/C11H18O/c1-8-6-5-7-11(3,4)10(8)9(2)12/h5-6,8,10H,7H2,1-4H3/t8-,10+/m0/s1. The molecule has 0 aliphatic heterocycles. The van der Waals surface area contributed by atoms with Crippen LogP contribution in [0.5, 0.6) is 0 Å². The summed E-state index contributed by atoms with van der Waals surface area (Å²) in [4.78, 5) is 11.4. The van der Waals surface area contributed by atoms with Crippen LogP contribution >= 0.6 is 0 Å². The molecule has 12 heavy (non-hydrogen) atoms. The van der Waals surface area contributed by atoms with E-state index in [2.05, 4.69) is 32.9 Å². The Morgan fingerprint density at radius 1 is 1.50 bits per heavy atom. The van der Waals surface area contributed by atoms with Crippen LogP contribution in [0.15, 0.2) is 12.2 Å². The van der Waals surface area contributed by atoms with E-state index in [4.69, 9.17) is 0 Å². The van der Waals surface area contributed by atoms with Crippen molar-refractivity contribution in [2.75, 3.05) is 0 Å². The smallest absolute Gasteiger partial charge is 0.134 e. The molecule has 1 aliphatic rings. The van der Waals surface area contributed by atoms with Crippen molar-refractivity contribution in [2.24, 2.45) is 17.3 Å². The molecule has 0 radical (unpaired) electrons. The van der Waals surface area contributed by atoms with Gasteiger partial charge in [-0.2, -0.15) is 0 Å². The van der Waals surface area contributed by atoms with E-state index in [1.54, 1.807) is 6.92 Å². The summed E-state index contributed by atoms with van der Waals surface area (Å²) in [5.74, 6) is 0.950. The summed E-state index contributed by atoms with van der Waals surface area (Å²) in [6.07, 6.45) is 5.39. The lowest BCUT2D eigenvalue weighted by atomic mass is 9.66. The van der Waals surface area contributed by atoms with Crippen LogP contribution in [0.25, 0.3) is 0 Å². The van der Waals surface area contributed by atoms with Gasteiger partial charge in [0.15, 0.2) is 0 Å². The summed E-state index contributed by atoms with van der Waals surface area (Å²) in [6, 6.07) is 0. The molecule has 2 atom stereocenters. The molecule has 0 N–H and O–H groups in total. The first kappa shape index (κ1) is 9.50. The average Bonchev–Trinajstić information content (AvgIpc) is 1.82. The number of carbonyl (C=O) groups excluding carboxylic acids is 1. The maximum absolute atomic E-state index is 11.4. The fraction of sp³-hybridized carbons (Fsp3) is 0.727. The molecule has 1 rings (SSSR count). The molecule has 0 aromatic rings. The zero-order valence-electron chi connectivity index (χ0n) is 8.42. The fourth-order valence-corrected chi connectivity index (χ4v) is 2.46. The second-order valence-electron chi connectivity index (χ2n) is 4.57. The Hall–Kier alpha value is -0.590. The summed E-state index contributed by atoms with van der Waals surface area (Å²) < 4.78 is 0. The van der Waals surface area contributed by atoms with Crippen molar-refractivity contribution < 1.29 is 4.79 Å². The van der Waals surface area contributed by atoms with Crippen LogP contribution in [-0.4, -0.2) is 5.78 Å². The van der Waals surface area contributed by atoms with Crippen LogP contribution in [0, 0.1) is 17.3 Å². The third-order valence-electron chi connectivity index (χ3n) is 2.89. The summed E-state index contributed by atoms with van der Waals surface area (Å²) in [5, 5.41) is 0. The van der Waals surface area contributed by atoms with Crippen LogP contribution in [0.1, 0.15) is 34.1 Å². The summed E-state index contributed by atoms with van der Waals surface area (Å²) in [5.41, 5.74) is 0.153. The van der Waals surface area contributed by atoms with Gasteiger partial charge in [0.1, 0.15) is 5.78 Å². The Labute approximate surface area is 74.9 Å². The van der Waals surface area contributed by atoms with Gasteiger partial charge in [-0.15, -0.1) is 0 Å². The third-order valence-corrected chi connectivity index (χ3v) is 2.89. The number of Topliss-reactive ketones (excluding diaryl/α,β-unsaturated/α-hetero) is 1. The van der Waals surface area contributed by atoms with Crippen LogP contribution < -0.4 is 0 Å². The minimum absolute atomic E-state index is 0.153. The topological polar surface area (TPSA) is 17.1 Å². The lowest BCUT2D eigenvalue weighted by Crippen LogP contribution is -2.35. The Kier molecular flexibility index (Phi) is 2.41. The Morgan fingerprint density at radius 3 is 2.42 bits per heavy atom. The van der Waals surface area contributed by atoms with E-state index in [0.29, 0.717) is 11.7 Å². The summed E-state index contributed by atoms with van der Waals surface area (Å²) >= 11 is 0. The van der Waals surface area contributed by atoms with Gasteiger partial charge in [0.25, 0.3) is 0 Å². The molecule has 0 unspecified atom stereocenters. The summed E-state index contributed by atoms with van der Waals surface area (Å²) in [7, 11) is 0. The molecule has 0 amide bonds. The van der Waals surface area contributed by atoms with Gasteiger partial charge in [0.2, 0.25) is 0 Å². The van der Waals surface area contributed by atoms with Gasteiger partial charge in [-0.3, -0.25) is 4.79 Å². The van der Waals surface area contributed by atoms with Crippen LogP contribution in [0.4, 0.5) is 0 Å². The Bertz CT molecular complexity index is 213. The average molecular weight is 166 g/mol. The second-order valence-corrected chi connectivity index (χ2v) is 4.57. The second kappa shape index (κ2) is 3.04. The Balaban J connectivity index is 2.92. The molecule has 1 nitrogen and oxygen atoms in total. The highest BCUT2D eigenvalue weighted by molar-refractivity contribution is 5.79. The predicted octanol–water partition coefficient (Wildman–Crippen LogP) is 2.81. The van der Waals surface area contributed by atoms with Crippen molar-refractivity contribution in [2.45, 2.75) is 34.1 Å². The number of allylic oxidation sites excluding steroid dienone is 2. The van der Waals surface area contributed by atoms with Crippen LogP contribution in [-0.2, 0) is 4.79 Å². The lowest BCUT2D eigenvalue weighted by Gasteiger charge is -2.38. The SMILES string of the molecule is CC(=O)[C@H]1[C@@H](C)C=CCC1(C)C. The number of hydrogen-bond donors (Lipinski definition) is 0. The number of rotatable bonds is 1. The minimum Gasteiger partial charge on any atom is -0.300 e. The third kappa shape index (κ3) is 1.60. The molecule has 0 saturated carbocycles. The number of hydrogen-bond acceptors (Lipinski definition) is 1. The van der Waals surface area contributed by atoms with Crippen molar-refractivity contribution in [3.05, 3.63) is 12.2 Å². The molecule has 0 fully saturated rings. The number of carbonyl (C=O) groups is 1. The highest BCUT2D eigenvalue weighted by atomic mass is 16.1. The molecule has 1 aliphatic carbocycles. The van der Waals surface area contributed by atoms with Gasteiger partial charge in [-0.25, -0.2) is 0 Å². The van der Waals surface area contributed by atoms with Crippen molar-refractivity contribution in [3.8, 4) is 0 Å². The van der Waals surface area contributed by atoms with E-state index in [0.717, 1.165) is 6.42 Å². The zero-order valence-corrected chi connectivity index (χ0v) is 8.42. The van der Waals surface area contributed by atoms with Gasteiger partial charge in [-0.05, 0) is 24.7 Å². The van der Waals surface area contributed by atoms with E-state index in [1.807, 2.05) is 0 Å². The largest absolute Gasteiger partial charge is 0.300 e. The molecule has 0 saturated heterocycles. The molecule has 0 spiro atoms.